The van der Waals surface area contributed by atoms with E-state index in [2.05, 4.69) is 0 Å². The zero-order valence-corrected chi connectivity index (χ0v) is 16.5. The first-order chi connectivity index (χ1) is 14.0. The summed E-state index contributed by atoms with van der Waals surface area (Å²) in [5.41, 5.74) is -0.603. The highest BCUT2D eigenvalue weighted by Gasteiger charge is 2.27. The van der Waals surface area contributed by atoms with Crippen molar-refractivity contribution in [2.75, 3.05) is 13.2 Å². The number of hydrogen-bond donors (Lipinski definition) is 0. The highest BCUT2D eigenvalue weighted by atomic mass is 19.2. The van der Waals surface area contributed by atoms with Gasteiger partial charge in [0.1, 0.15) is 0 Å². The molecule has 0 aromatic heterocycles. The Balaban J connectivity index is 1.88. The second-order valence-corrected chi connectivity index (χ2v) is 7.10. The predicted octanol–water partition coefficient (Wildman–Crippen LogP) is 6.74. The smallest absolute Gasteiger partial charge is 0.201 e. The predicted molar refractivity (Wildman–Crippen MR) is 104 cm³/mol. The topological polar surface area (TPSA) is 18.5 Å². The molecule has 3 rings (SSSR count). The minimum atomic E-state index is -1.27. The second kappa shape index (κ2) is 9.44. The number of halogens is 4. The van der Waals surface area contributed by atoms with Crippen LogP contribution in [0.3, 0.4) is 0 Å². The van der Waals surface area contributed by atoms with Gasteiger partial charge in [0, 0.05) is 22.6 Å². The van der Waals surface area contributed by atoms with Gasteiger partial charge >= 0.3 is 0 Å². The first-order valence-electron chi connectivity index (χ1n) is 9.81. The van der Waals surface area contributed by atoms with E-state index in [0.717, 1.165) is 6.42 Å². The van der Waals surface area contributed by atoms with Crippen molar-refractivity contribution in [1.29, 1.82) is 0 Å². The average molecular weight is 408 g/mol. The summed E-state index contributed by atoms with van der Waals surface area (Å²) in [4.78, 5) is 0. The molecular formula is C23H24F4O2. The fraction of sp³-hybridized carbons (Fsp3) is 0.391. The summed E-state index contributed by atoms with van der Waals surface area (Å²) in [5, 5.41) is 0. The molecule has 0 N–H and O–H groups in total. The average Bonchev–Trinajstić information content (AvgIpc) is 2.73. The van der Waals surface area contributed by atoms with Crippen LogP contribution < -0.4 is 4.74 Å². The maximum Gasteiger partial charge on any atom is 0.201 e. The zero-order valence-electron chi connectivity index (χ0n) is 16.5. The summed E-state index contributed by atoms with van der Waals surface area (Å²) in [6.07, 6.45) is 5.39. The molecule has 1 aliphatic rings. The van der Waals surface area contributed by atoms with Crippen molar-refractivity contribution >= 4 is 0 Å². The normalized spacial score (nSPS) is 19.7. The van der Waals surface area contributed by atoms with Crippen molar-refractivity contribution < 1.29 is 27.0 Å². The Morgan fingerprint density at radius 3 is 2.28 bits per heavy atom. The van der Waals surface area contributed by atoms with Gasteiger partial charge in [0.15, 0.2) is 23.2 Å². The Bertz CT molecular complexity index is 887. The molecule has 0 aliphatic carbocycles. The molecule has 29 heavy (non-hydrogen) atoms. The molecular weight excluding hydrogens is 384 g/mol. The highest BCUT2D eigenvalue weighted by Crippen LogP contribution is 2.37. The van der Waals surface area contributed by atoms with Crippen LogP contribution in [0.2, 0.25) is 0 Å². The van der Waals surface area contributed by atoms with Crippen molar-refractivity contribution in [1.82, 2.24) is 0 Å². The number of rotatable bonds is 6. The standard InChI is InChI=1S/C23H24F4O2/c1-3-5-14-6-10-18(29-13-14)17-8-7-15(20(24)22(17)26)16-9-11-19(28-12-4-2)23(27)21(16)25/h3,5,7-9,11,14,18H,4,6,10,12-13H2,1-2H3/b5-3+/t14?,18-/m0/s1. The molecule has 0 spiro atoms. The van der Waals surface area contributed by atoms with Crippen molar-refractivity contribution in [2.45, 2.75) is 39.2 Å². The highest BCUT2D eigenvalue weighted by molar-refractivity contribution is 5.66. The fourth-order valence-corrected chi connectivity index (χ4v) is 3.53. The Morgan fingerprint density at radius 1 is 0.966 bits per heavy atom. The van der Waals surface area contributed by atoms with Crippen molar-refractivity contribution in [3.05, 3.63) is 65.2 Å². The third-order valence-corrected chi connectivity index (χ3v) is 5.03. The molecule has 6 heteroatoms. The molecule has 0 bridgehead atoms. The molecule has 1 saturated heterocycles. The lowest BCUT2D eigenvalue weighted by Crippen LogP contribution is -2.20. The van der Waals surface area contributed by atoms with Gasteiger partial charge in [-0.3, -0.25) is 0 Å². The molecule has 0 saturated carbocycles. The molecule has 1 fully saturated rings. The second-order valence-electron chi connectivity index (χ2n) is 7.10. The number of ether oxygens (including phenoxy) is 2. The van der Waals surface area contributed by atoms with Gasteiger partial charge in [0.2, 0.25) is 5.82 Å². The van der Waals surface area contributed by atoms with Gasteiger partial charge in [0.05, 0.1) is 19.3 Å². The van der Waals surface area contributed by atoms with Gasteiger partial charge < -0.3 is 9.47 Å². The first-order valence-corrected chi connectivity index (χ1v) is 9.81. The molecule has 1 unspecified atom stereocenters. The van der Waals surface area contributed by atoms with Gasteiger partial charge in [0.25, 0.3) is 0 Å². The van der Waals surface area contributed by atoms with Crippen LogP contribution in [0.5, 0.6) is 5.75 Å². The number of benzene rings is 2. The van der Waals surface area contributed by atoms with Crippen molar-refractivity contribution in [3.8, 4) is 16.9 Å². The van der Waals surface area contributed by atoms with Gasteiger partial charge in [-0.1, -0.05) is 31.2 Å². The molecule has 156 valence electrons. The Labute approximate surface area is 168 Å². The van der Waals surface area contributed by atoms with E-state index in [1.54, 1.807) is 0 Å². The van der Waals surface area contributed by atoms with E-state index in [1.165, 1.54) is 24.3 Å². The fourth-order valence-electron chi connectivity index (χ4n) is 3.53. The van der Waals surface area contributed by atoms with Crippen LogP contribution in [-0.2, 0) is 4.74 Å². The van der Waals surface area contributed by atoms with E-state index < -0.39 is 29.4 Å². The summed E-state index contributed by atoms with van der Waals surface area (Å²) in [5.74, 6) is -4.80. The van der Waals surface area contributed by atoms with E-state index in [9.17, 15) is 17.6 Å². The van der Waals surface area contributed by atoms with Crippen molar-refractivity contribution in [2.24, 2.45) is 5.92 Å². The minimum absolute atomic E-state index is 0.0916. The Hall–Kier alpha value is -2.34. The van der Waals surface area contributed by atoms with Crippen LogP contribution in [0, 0.1) is 29.2 Å². The minimum Gasteiger partial charge on any atom is -0.490 e. The van der Waals surface area contributed by atoms with E-state index in [4.69, 9.17) is 9.47 Å². The van der Waals surface area contributed by atoms with E-state index in [1.807, 2.05) is 26.0 Å². The van der Waals surface area contributed by atoms with Crippen LogP contribution in [0.4, 0.5) is 17.6 Å². The Kier molecular flexibility index (Phi) is 6.96. The van der Waals surface area contributed by atoms with Gasteiger partial charge in [-0.2, -0.15) is 4.39 Å². The van der Waals surface area contributed by atoms with Crippen LogP contribution in [0.1, 0.15) is 44.8 Å². The van der Waals surface area contributed by atoms with Gasteiger partial charge in [-0.25, -0.2) is 13.2 Å². The van der Waals surface area contributed by atoms with Crippen LogP contribution >= 0.6 is 0 Å². The maximum absolute atomic E-state index is 14.8. The molecule has 0 amide bonds. The summed E-state index contributed by atoms with van der Waals surface area (Å²) < 4.78 is 69.0. The van der Waals surface area contributed by atoms with Crippen molar-refractivity contribution in [3.63, 3.8) is 0 Å². The van der Waals surface area contributed by atoms with E-state index in [-0.39, 0.29) is 35.0 Å². The summed E-state index contributed by atoms with van der Waals surface area (Å²) in [7, 11) is 0. The van der Waals surface area contributed by atoms with Crippen LogP contribution in [0.15, 0.2) is 36.4 Å². The molecule has 2 aromatic carbocycles. The van der Waals surface area contributed by atoms with Gasteiger partial charge in [-0.05, 0) is 38.3 Å². The SMILES string of the molecule is C/C=C/C1CC[C@@H](c2ccc(-c3ccc(OCCC)c(F)c3F)c(F)c2F)OC1. The molecule has 1 aliphatic heterocycles. The lowest BCUT2D eigenvalue weighted by atomic mass is 9.92. The van der Waals surface area contributed by atoms with Crippen LogP contribution in [0.25, 0.3) is 11.1 Å². The molecule has 1 heterocycles. The zero-order chi connectivity index (χ0) is 21.0. The molecule has 2 aromatic rings. The Morgan fingerprint density at radius 2 is 1.66 bits per heavy atom. The third kappa shape index (κ3) is 4.47. The number of hydrogen-bond acceptors (Lipinski definition) is 2. The van der Waals surface area contributed by atoms with Gasteiger partial charge in [-0.15, -0.1) is 0 Å². The first kappa shape index (κ1) is 21.4. The molecule has 2 atom stereocenters. The molecule has 0 radical (unpaired) electrons. The summed E-state index contributed by atoms with van der Waals surface area (Å²) in [6, 6.07) is 5.06. The molecule has 2 nitrogen and oxygen atoms in total. The monoisotopic (exact) mass is 408 g/mol. The lowest BCUT2D eigenvalue weighted by Gasteiger charge is -2.28. The van der Waals surface area contributed by atoms with E-state index >= 15 is 0 Å². The number of allylic oxidation sites excluding steroid dienone is 1. The third-order valence-electron chi connectivity index (χ3n) is 5.03. The largest absolute Gasteiger partial charge is 0.490 e. The summed E-state index contributed by atoms with van der Waals surface area (Å²) >= 11 is 0. The summed E-state index contributed by atoms with van der Waals surface area (Å²) in [6.45, 7) is 4.41. The maximum atomic E-state index is 14.8. The quantitative estimate of drug-likeness (QED) is 0.389. The van der Waals surface area contributed by atoms with Crippen LogP contribution in [-0.4, -0.2) is 13.2 Å². The van der Waals surface area contributed by atoms with E-state index in [0.29, 0.717) is 19.4 Å². The lowest BCUT2D eigenvalue weighted by molar-refractivity contribution is -0.00743.